The van der Waals surface area contributed by atoms with Gasteiger partial charge in [-0.05, 0) is 20.8 Å². The predicted molar refractivity (Wildman–Crippen MR) is 39.6 cm³/mol. The van der Waals surface area contributed by atoms with Gasteiger partial charge in [-0.15, -0.1) is 0 Å². The van der Waals surface area contributed by atoms with E-state index in [1.807, 2.05) is 13.8 Å². The summed E-state index contributed by atoms with van der Waals surface area (Å²) in [5, 5.41) is 0. The van der Waals surface area contributed by atoms with E-state index in [2.05, 4.69) is 11.7 Å². The molecule has 0 aromatic carbocycles. The Labute approximate surface area is 62.0 Å². The molecule has 0 fully saturated rings. The summed E-state index contributed by atoms with van der Waals surface area (Å²) in [4.78, 5) is 12.5. The van der Waals surface area contributed by atoms with Crippen LogP contribution < -0.4 is 0 Å². The Morgan fingerprint density at radius 2 is 2.00 bits per heavy atom. The van der Waals surface area contributed by atoms with Crippen molar-refractivity contribution in [2.45, 2.75) is 13.8 Å². The summed E-state index contributed by atoms with van der Waals surface area (Å²) in [7, 11) is 0. The fourth-order valence-electron chi connectivity index (χ4n) is 0.660. The summed E-state index contributed by atoms with van der Waals surface area (Å²) in [6.45, 7) is 8.81. The SMILES string of the molecule is [CH2]COC(=O)N(CC)CC. The number of amides is 1. The lowest BCUT2D eigenvalue weighted by Gasteiger charge is -2.16. The number of nitrogens with zero attached hydrogens (tertiary/aromatic N) is 1. The first-order valence-electron chi connectivity index (χ1n) is 3.47. The highest BCUT2D eigenvalue weighted by molar-refractivity contribution is 5.67. The van der Waals surface area contributed by atoms with E-state index in [-0.39, 0.29) is 12.7 Å². The Morgan fingerprint density at radius 1 is 1.50 bits per heavy atom. The Kier molecular flexibility index (Phi) is 4.72. The Balaban J connectivity index is 3.65. The van der Waals surface area contributed by atoms with Crippen LogP contribution in [0.15, 0.2) is 0 Å². The summed E-state index contributed by atoms with van der Waals surface area (Å²) in [6, 6.07) is 0. The molecule has 3 nitrogen and oxygen atoms in total. The van der Waals surface area contributed by atoms with Crippen molar-refractivity contribution in [2.75, 3.05) is 19.7 Å². The standard InChI is InChI=1S/C7H14NO2/c1-4-8(5-2)7(9)10-6-3/h3-6H2,1-2H3. The van der Waals surface area contributed by atoms with Crippen molar-refractivity contribution in [1.82, 2.24) is 4.90 Å². The first-order valence-corrected chi connectivity index (χ1v) is 3.47. The molecule has 3 heteroatoms. The third kappa shape index (κ3) is 2.71. The molecule has 0 bridgehead atoms. The van der Waals surface area contributed by atoms with Crippen LogP contribution in [0.1, 0.15) is 13.8 Å². The van der Waals surface area contributed by atoms with Crippen molar-refractivity contribution in [3.05, 3.63) is 6.92 Å². The molecule has 0 heterocycles. The van der Waals surface area contributed by atoms with Gasteiger partial charge in [0.1, 0.15) is 0 Å². The van der Waals surface area contributed by atoms with E-state index >= 15 is 0 Å². The van der Waals surface area contributed by atoms with Crippen LogP contribution in [0.4, 0.5) is 4.79 Å². The molecule has 10 heavy (non-hydrogen) atoms. The first-order chi connectivity index (χ1) is 4.76. The van der Waals surface area contributed by atoms with E-state index in [0.717, 1.165) is 0 Å². The first kappa shape index (κ1) is 9.27. The minimum Gasteiger partial charge on any atom is -0.449 e. The van der Waals surface area contributed by atoms with Crippen LogP contribution in [0, 0.1) is 6.92 Å². The van der Waals surface area contributed by atoms with Gasteiger partial charge in [-0.3, -0.25) is 0 Å². The van der Waals surface area contributed by atoms with Crippen molar-refractivity contribution in [3.63, 3.8) is 0 Å². The van der Waals surface area contributed by atoms with Crippen LogP contribution in [-0.4, -0.2) is 30.7 Å². The van der Waals surface area contributed by atoms with Gasteiger partial charge < -0.3 is 9.64 Å². The molecule has 1 radical (unpaired) electrons. The molecule has 0 unspecified atom stereocenters. The lowest BCUT2D eigenvalue weighted by atomic mass is 10.6. The third-order valence-electron chi connectivity index (χ3n) is 1.25. The van der Waals surface area contributed by atoms with Crippen LogP contribution in [0.2, 0.25) is 0 Å². The maximum atomic E-state index is 10.9. The molecule has 0 aromatic heterocycles. The van der Waals surface area contributed by atoms with Crippen molar-refractivity contribution in [3.8, 4) is 0 Å². The molecular formula is C7H14NO2. The molecule has 0 aliphatic heterocycles. The molecule has 0 aliphatic carbocycles. The summed E-state index contributed by atoms with van der Waals surface area (Å²) >= 11 is 0. The van der Waals surface area contributed by atoms with Gasteiger partial charge in [-0.25, -0.2) is 4.79 Å². The number of carbonyl (C=O) groups excluding carboxylic acids is 1. The number of carbonyl (C=O) groups is 1. The van der Waals surface area contributed by atoms with Crippen LogP contribution in [0.3, 0.4) is 0 Å². The van der Waals surface area contributed by atoms with Crippen molar-refractivity contribution in [1.29, 1.82) is 0 Å². The van der Waals surface area contributed by atoms with Gasteiger partial charge >= 0.3 is 6.09 Å². The average molecular weight is 144 g/mol. The van der Waals surface area contributed by atoms with Crippen LogP contribution in [0.25, 0.3) is 0 Å². The molecule has 0 saturated carbocycles. The molecule has 0 N–H and O–H groups in total. The van der Waals surface area contributed by atoms with Crippen molar-refractivity contribution >= 4 is 6.09 Å². The van der Waals surface area contributed by atoms with Gasteiger partial charge in [-0.2, -0.15) is 0 Å². The summed E-state index contributed by atoms with van der Waals surface area (Å²) in [5.74, 6) is 0. The van der Waals surface area contributed by atoms with Crippen LogP contribution >= 0.6 is 0 Å². The van der Waals surface area contributed by atoms with Gasteiger partial charge in [0.05, 0.1) is 6.61 Å². The number of hydrogen-bond acceptors (Lipinski definition) is 2. The van der Waals surface area contributed by atoms with E-state index in [9.17, 15) is 4.79 Å². The lowest BCUT2D eigenvalue weighted by Crippen LogP contribution is -2.30. The van der Waals surface area contributed by atoms with E-state index in [1.54, 1.807) is 4.90 Å². The van der Waals surface area contributed by atoms with Crippen LogP contribution in [-0.2, 0) is 4.74 Å². The Morgan fingerprint density at radius 3 is 2.30 bits per heavy atom. The number of rotatable bonds is 3. The number of ether oxygens (including phenoxy) is 1. The highest BCUT2D eigenvalue weighted by atomic mass is 16.6. The molecule has 0 rings (SSSR count). The quantitative estimate of drug-likeness (QED) is 0.597. The predicted octanol–water partition coefficient (Wildman–Crippen LogP) is 1.30. The van der Waals surface area contributed by atoms with E-state index in [4.69, 9.17) is 0 Å². The lowest BCUT2D eigenvalue weighted by molar-refractivity contribution is 0.116. The second-order valence-corrected chi connectivity index (χ2v) is 1.79. The summed E-state index contributed by atoms with van der Waals surface area (Å²) in [6.07, 6.45) is -0.278. The molecule has 0 saturated heterocycles. The van der Waals surface area contributed by atoms with Gasteiger partial charge in [0, 0.05) is 13.1 Å². The Hall–Kier alpha value is -0.730. The number of hydrogen-bond donors (Lipinski definition) is 0. The molecule has 0 atom stereocenters. The highest BCUT2D eigenvalue weighted by Crippen LogP contribution is 1.91. The topological polar surface area (TPSA) is 29.5 Å². The summed E-state index contributed by atoms with van der Waals surface area (Å²) < 4.78 is 4.66. The zero-order valence-corrected chi connectivity index (χ0v) is 6.59. The van der Waals surface area contributed by atoms with Crippen molar-refractivity contribution in [2.24, 2.45) is 0 Å². The minimum absolute atomic E-state index is 0.204. The zero-order valence-electron chi connectivity index (χ0n) is 6.59. The molecule has 0 aromatic rings. The smallest absolute Gasteiger partial charge is 0.409 e. The fraction of sp³-hybridized carbons (Fsp3) is 0.714. The highest BCUT2D eigenvalue weighted by Gasteiger charge is 2.07. The molecule has 59 valence electrons. The Bertz CT molecular complexity index is 99.8. The van der Waals surface area contributed by atoms with Crippen LogP contribution in [0.5, 0.6) is 0 Å². The maximum Gasteiger partial charge on any atom is 0.409 e. The maximum absolute atomic E-state index is 10.9. The van der Waals surface area contributed by atoms with E-state index in [1.165, 1.54) is 0 Å². The second-order valence-electron chi connectivity index (χ2n) is 1.79. The van der Waals surface area contributed by atoms with Gasteiger partial charge in [0.2, 0.25) is 0 Å². The van der Waals surface area contributed by atoms with Gasteiger partial charge in [0.25, 0.3) is 0 Å². The van der Waals surface area contributed by atoms with Crippen molar-refractivity contribution < 1.29 is 9.53 Å². The monoisotopic (exact) mass is 144 g/mol. The molecule has 0 aliphatic rings. The minimum atomic E-state index is -0.278. The van der Waals surface area contributed by atoms with E-state index in [0.29, 0.717) is 13.1 Å². The van der Waals surface area contributed by atoms with Gasteiger partial charge in [0.15, 0.2) is 0 Å². The van der Waals surface area contributed by atoms with Gasteiger partial charge in [-0.1, -0.05) is 0 Å². The summed E-state index contributed by atoms with van der Waals surface area (Å²) in [5.41, 5.74) is 0. The fourth-order valence-corrected chi connectivity index (χ4v) is 0.660. The zero-order chi connectivity index (χ0) is 7.98. The molecule has 1 amide bonds. The molecular weight excluding hydrogens is 130 g/mol. The average Bonchev–Trinajstić information content (AvgIpc) is 1.91. The van der Waals surface area contributed by atoms with E-state index < -0.39 is 0 Å². The second kappa shape index (κ2) is 5.09. The normalized spacial score (nSPS) is 9.10. The molecule has 0 spiro atoms. The largest absolute Gasteiger partial charge is 0.449 e. The third-order valence-corrected chi connectivity index (χ3v) is 1.25.